The Balaban J connectivity index is 2.85. The van der Waals surface area contributed by atoms with Gasteiger partial charge in [-0.25, -0.2) is 0 Å². The third-order valence-electron chi connectivity index (χ3n) is 3.35. The van der Waals surface area contributed by atoms with Gasteiger partial charge in [-0.2, -0.15) is 13.2 Å². The van der Waals surface area contributed by atoms with Gasteiger partial charge in [0.25, 0.3) is 0 Å². The number of carbonyl (C=O) groups is 1. The molecule has 0 aliphatic heterocycles. The molecule has 1 aromatic heterocycles. The fourth-order valence-electron chi connectivity index (χ4n) is 2.36. The molecule has 3 N–H and O–H groups in total. The van der Waals surface area contributed by atoms with Crippen molar-refractivity contribution >= 4 is 16.9 Å². The monoisotopic (exact) mass is 300 g/mol. The molecule has 0 saturated heterocycles. The van der Waals surface area contributed by atoms with Crippen molar-refractivity contribution in [2.75, 3.05) is 0 Å². The van der Waals surface area contributed by atoms with Gasteiger partial charge in [0.1, 0.15) is 6.04 Å². The third-order valence-corrected chi connectivity index (χ3v) is 3.35. The molecule has 0 spiro atoms. The summed E-state index contributed by atoms with van der Waals surface area (Å²) in [6, 6.07) is 2.08. The molecule has 0 saturated carbocycles. The number of rotatable bonds is 3. The van der Waals surface area contributed by atoms with Crippen molar-refractivity contribution in [3.05, 3.63) is 35.5 Å². The predicted octanol–water partition coefficient (Wildman–Crippen LogP) is 3.33. The molecule has 4 nitrogen and oxygen atoms in total. The second-order valence-corrected chi connectivity index (χ2v) is 5.10. The number of hydrogen-bond acceptors (Lipinski definition) is 2. The number of benzene rings is 1. The number of para-hydroxylation sites is 1. The summed E-state index contributed by atoms with van der Waals surface area (Å²) in [5, 5.41) is 9.23. The van der Waals surface area contributed by atoms with Gasteiger partial charge in [-0.15, -0.1) is 0 Å². The molecular formula is C14H15F3N2O2. The zero-order chi connectivity index (χ0) is 15.9. The summed E-state index contributed by atoms with van der Waals surface area (Å²) in [5.74, 6) is -1.28. The Hall–Kier alpha value is -2.02. The van der Waals surface area contributed by atoms with Crippen LogP contribution in [0.4, 0.5) is 13.2 Å². The van der Waals surface area contributed by atoms with Crippen molar-refractivity contribution in [2.45, 2.75) is 32.1 Å². The zero-order valence-electron chi connectivity index (χ0n) is 11.5. The number of aromatic nitrogens is 1. The number of carboxylic acid groups (broad SMARTS) is 1. The number of alkyl halides is 3. The molecule has 0 bridgehead atoms. The predicted molar refractivity (Wildman–Crippen MR) is 71.9 cm³/mol. The van der Waals surface area contributed by atoms with E-state index in [1.54, 1.807) is 13.8 Å². The first kappa shape index (κ1) is 15.4. The minimum absolute atomic E-state index is 0.0355. The lowest BCUT2D eigenvalue weighted by molar-refractivity contribution is -0.138. The average Bonchev–Trinajstić information content (AvgIpc) is 2.75. The summed E-state index contributed by atoms with van der Waals surface area (Å²) in [6.07, 6.45) is -3.13. The highest BCUT2D eigenvalue weighted by Gasteiger charge is 2.35. The first-order chi connectivity index (χ1) is 9.64. The minimum Gasteiger partial charge on any atom is -0.480 e. The van der Waals surface area contributed by atoms with Gasteiger partial charge in [-0.1, -0.05) is 12.1 Å². The molecule has 0 amide bonds. The fraction of sp³-hybridized carbons (Fsp3) is 0.357. The second kappa shape index (κ2) is 5.07. The lowest BCUT2D eigenvalue weighted by Crippen LogP contribution is -2.20. The first-order valence-electron chi connectivity index (χ1n) is 6.33. The van der Waals surface area contributed by atoms with Gasteiger partial charge >= 0.3 is 12.1 Å². The Morgan fingerprint density at radius 1 is 1.33 bits per heavy atom. The molecule has 0 aliphatic carbocycles. The van der Waals surface area contributed by atoms with Gasteiger partial charge in [-0.3, -0.25) is 4.79 Å². The van der Waals surface area contributed by atoms with E-state index in [4.69, 9.17) is 10.8 Å². The molecule has 0 aliphatic rings. The number of hydrogen-bond donors (Lipinski definition) is 2. The topological polar surface area (TPSA) is 68.2 Å². The van der Waals surface area contributed by atoms with Crippen molar-refractivity contribution in [3.63, 3.8) is 0 Å². The van der Waals surface area contributed by atoms with E-state index in [0.29, 0.717) is 0 Å². The third kappa shape index (κ3) is 2.61. The number of halogens is 3. The van der Waals surface area contributed by atoms with Crippen LogP contribution in [0.5, 0.6) is 0 Å². The van der Waals surface area contributed by atoms with Crippen LogP contribution in [0.25, 0.3) is 10.9 Å². The standard InChI is InChI=1S/C14H15F3N2O2/c1-7(2)19-6-9(11(18)13(20)21)8-4-3-5-10(12(8)19)14(15,16)17/h3-7,11H,18H2,1-2H3,(H,20,21). The molecule has 114 valence electrons. The normalized spacial score (nSPS) is 13.9. The molecule has 7 heteroatoms. The highest BCUT2D eigenvalue weighted by atomic mass is 19.4. The van der Waals surface area contributed by atoms with E-state index >= 15 is 0 Å². The highest BCUT2D eigenvalue weighted by Crippen LogP contribution is 2.38. The van der Waals surface area contributed by atoms with E-state index in [0.717, 1.165) is 6.07 Å². The summed E-state index contributed by atoms with van der Waals surface area (Å²) in [7, 11) is 0. The maximum absolute atomic E-state index is 13.2. The maximum Gasteiger partial charge on any atom is 0.418 e. The smallest absolute Gasteiger partial charge is 0.418 e. The zero-order valence-corrected chi connectivity index (χ0v) is 11.5. The minimum atomic E-state index is -4.52. The van der Waals surface area contributed by atoms with Gasteiger partial charge in [-0.05, 0) is 19.9 Å². The SMILES string of the molecule is CC(C)n1cc(C(N)C(=O)O)c2cccc(C(F)(F)F)c21. The summed E-state index contributed by atoms with van der Waals surface area (Å²) in [6.45, 7) is 3.45. The van der Waals surface area contributed by atoms with Crippen LogP contribution in [0, 0.1) is 0 Å². The number of nitrogens with two attached hydrogens (primary N) is 1. The molecule has 1 aromatic carbocycles. The molecule has 2 rings (SSSR count). The number of fused-ring (bicyclic) bond motifs is 1. The second-order valence-electron chi connectivity index (χ2n) is 5.10. The maximum atomic E-state index is 13.2. The molecule has 2 aromatic rings. The summed E-state index contributed by atoms with van der Waals surface area (Å²) < 4.78 is 40.9. The fourth-order valence-corrected chi connectivity index (χ4v) is 2.36. The van der Waals surface area contributed by atoms with E-state index in [1.165, 1.54) is 22.9 Å². The van der Waals surface area contributed by atoms with Crippen LogP contribution >= 0.6 is 0 Å². The van der Waals surface area contributed by atoms with Crippen molar-refractivity contribution in [1.29, 1.82) is 0 Å². The van der Waals surface area contributed by atoms with Crippen molar-refractivity contribution in [3.8, 4) is 0 Å². The van der Waals surface area contributed by atoms with Gasteiger partial charge in [0, 0.05) is 23.2 Å². The molecular weight excluding hydrogens is 285 g/mol. The van der Waals surface area contributed by atoms with Crippen molar-refractivity contribution < 1.29 is 23.1 Å². The number of nitrogens with zero attached hydrogens (tertiary/aromatic N) is 1. The van der Waals surface area contributed by atoms with Crippen LogP contribution < -0.4 is 5.73 Å². The lowest BCUT2D eigenvalue weighted by Gasteiger charge is -2.14. The van der Waals surface area contributed by atoms with Crippen LogP contribution in [0.3, 0.4) is 0 Å². The molecule has 1 unspecified atom stereocenters. The Labute approximate surface area is 119 Å². The van der Waals surface area contributed by atoms with Gasteiger partial charge in [0.15, 0.2) is 0 Å². The quantitative estimate of drug-likeness (QED) is 0.913. The van der Waals surface area contributed by atoms with Gasteiger partial charge in [0.05, 0.1) is 11.1 Å². The molecule has 1 heterocycles. The molecule has 0 radical (unpaired) electrons. The van der Waals surface area contributed by atoms with Crippen molar-refractivity contribution in [2.24, 2.45) is 5.73 Å². The van der Waals surface area contributed by atoms with E-state index in [1.807, 2.05) is 0 Å². The van der Waals surface area contributed by atoms with E-state index in [9.17, 15) is 18.0 Å². The van der Waals surface area contributed by atoms with E-state index in [-0.39, 0.29) is 22.5 Å². The number of aliphatic carboxylic acids is 1. The van der Waals surface area contributed by atoms with Crippen LogP contribution in [0.1, 0.15) is 37.1 Å². The summed E-state index contributed by atoms with van der Waals surface area (Å²) in [5.41, 5.74) is 4.93. The Kier molecular flexibility index (Phi) is 3.71. The summed E-state index contributed by atoms with van der Waals surface area (Å²) >= 11 is 0. The molecule has 21 heavy (non-hydrogen) atoms. The van der Waals surface area contributed by atoms with Crippen LogP contribution in [0.2, 0.25) is 0 Å². The first-order valence-corrected chi connectivity index (χ1v) is 6.33. The Morgan fingerprint density at radius 2 is 1.95 bits per heavy atom. The number of carboxylic acids is 1. The highest BCUT2D eigenvalue weighted by molar-refractivity contribution is 5.91. The average molecular weight is 300 g/mol. The lowest BCUT2D eigenvalue weighted by atomic mass is 10.0. The largest absolute Gasteiger partial charge is 0.480 e. The Morgan fingerprint density at radius 3 is 2.43 bits per heavy atom. The van der Waals surface area contributed by atoms with E-state index < -0.39 is 23.8 Å². The molecule has 1 atom stereocenters. The van der Waals surface area contributed by atoms with Gasteiger partial charge in [0.2, 0.25) is 0 Å². The van der Waals surface area contributed by atoms with Gasteiger partial charge < -0.3 is 15.4 Å². The van der Waals surface area contributed by atoms with Crippen LogP contribution in [-0.4, -0.2) is 15.6 Å². The van der Waals surface area contributed by atoms with E-state index in [2.05, 4.69) is 0 Å². The summed E-state index contributed by atoms with van der Waals surface area (Å²) in [4.78, 5) is 11.0. The van der Waals surface area contributed by atoms with Crippen LogP contribution in [-0.2, 0) is 11.0 Å². The Bertz CT molecular complexity index is 689. The molecule has 0 fully saturated rings. The van der Waals surface area contributed by atoms with Crippen LogP contribution in [0.15, 0.2) is 24.4 Å². The van der Waals surface area contributed by atoms with Crippen molar-refractivity contribution in [1.82, 2.24) is 4.57 Å².